The van der Waals surface area contributed by atoms with Crippen LogP contribution in [-0.2, 0) is 19.1 Å². The van der Waals surface area contributed by atoms with Crippen molar-refractivity contribution in [2.75, 3.05) is 0 Å². The molecule has 0 bridgehead atoms. The highest BCUT2D eigenvalue weighted by Gasteiger charge is 2.46. The SMILES string of the molecule is CC1(C)CCC(OC(=O)CC(=O)OC2CC(C)(C)NC2(C)C)CC(C)(C)N1. The highest BCUT2D eigenvalue weighted by Crippen LogP contribution is 2.33. The first-order valence-electron chi connectivity index (χ1n) is 10.1. The molecule has 2 aliphatic heterocycles. The van der Waals surface area contributed by atoms with Gasteiger partial charge in [0.2, 0.25) is 0 Å². The van der Waals surface area contributed by atoms with E-state index in [1.165, 1.54) is 0 Å². The van der Waals surface area contributed by atoms with Crippen molar-refractivity contribution in [3.63, 3.8) is 0 Å². The summed E-state index contributed by atoms with van der Waals surface area (Å²) >= 11 is 0. The average molecular weight is 383 g/mol. The van der Waals surface area contributed by atoms with Gasteiger partial charge in [0.25, 0.3) is 0 Å². The molecule has 2 heterocycles. The van der Waals surface area contributed by atoms with Gasteiger partial charge in [0, 0.05) is 29.5 Å². The Kier molecular flexibility index (Phi) is 6.04. The number of carbonyl (C=O) groups is 2. The molecule has 2 atom stereocenters. The van der Waals surface area contributed by atoms with Gasteiger partial charge in [-0.3, -0.25) is 9.59 Å². The lowest BCUT2D eigenvalue weighted by molar-refractivity contribution is -0.162. The van der Waals surface area contributed by atoms with E-state index in [4.69, 9.17) is 9.47 Å². The third-order valence-corrected chi connectivity index (χ3v) is 5.53. The molecule has 0 aliphatic carbocycles. The Balaban J connectivity index is 1.87. The molecular weight excluding hydrogens is 344 g/mol. The second kappa shape index (κ2) is 7.36. The van der Waals surface area contributed by atoms with Crippen molar-refractivity contribution < 1.29 is 19.1 Å². The van der Waals surface area contributed by atoms with E-state index in [-0.39, 0.29) is 40.8 Å². The van der Waals surface area contributed by atoms with E-state index in [0.29, 0.717) is 0 Å². The first-order valence-corrected chi connectivity index (χ1v) is 10.1. The number of nitrogens with one attached hydrogen (secondary N) is 2. The van der Waals surface area contributed by atoms with E-state index in [1.807, 2.05) is 13.8 Å². The van der Waals surface area contributed by atoms with E-state index in [2.05, 4.69) is 52.2 Å². The van der Waals surface area contributed by atoms with E-state index >= 15 is 0 Å². The summed E-state index contributed by atoms with van der Waals surface area (Å²) in [6.07, 6.45) is 2.38. The van der Waals surface area contributed by atoms with Crippen LogP contribution < -0.4 is 10.6 Å². The molecule has 6 heteroatoms. The Hall–Kier alpha value is -1.14. The van der Waals surface area contributed by atoms with Crippen molar-refractivity contribution in [2.24, 2.45) is 0 Å². The minimum absolute atomic E-state index is 0.00253. The van der Waals surface area contributed by atoms with E-state index < -0.39 is 11.9 Å². The number of esters is 2. The second-order valence-electron chi connectivity index (χ2n) is 10.8. The fourth-order valence-corrected chi connectivity index (χ4v) is 4.78. The third-order valence-electron chi connectivity index (χ3n) is 5.53. The molecule has 2 saturated heterocycles. The van der Waals surface area contributed by atoms with Gasteiger partial charge in [-0.05, 0) is 68.2 Å². The molecule has 0 aromatic rings. The molecule has 2 fully saturated rings. The predicted molar refractivity (Wildman–Crippen MR) is 105 cm³/mol. The molecule has 2 unspecified atom stereocenters. The van der Waals surface area contributed by atoms with Crippen LogP contribution in [-0.4, -0.2) is 46.3 Å². The lowest BCUT2D eigenvalue weighted by Crippen LogP contribution is -2.50. The largest absolute Gasteiger partial charge is 0.462 e. The van der Waals surface area contributed by atoms with Gasteiger partial charge in [-0.1, -0.05) is 0 Å². The molecule has 0 saturated carbocycles. The molecule has 2 N–H and O–H groups in total. The van der Waals surface area contributed by atoms with Gasteiger partial charge in [-0.25, -0.2) is 0 Å². The molecule has 6 nitrogen and oxygen atoms in total. The average Bonchev–Trinajstić information content (AvgIpc) is 2.53. The van der Waals surface area contributed by atoms with Crippen LogP contribution in [0, 0.1) is 0 Å². The van der Waals surface area contributed by atoms with E-state index in [0.717, 1.165) is 25.7 Å². The van der Waals surface area contributed by atoms with Gasteiger partial charge >= 0.3 is 11.9 Å². The maximum atomic E-state index is 12.3. The van der Waals surface area contributed by atoms with Gasteiger partial charge in [-0.15, -0.1) is 0 Å². The van der Waals surface area contributed by atoms with Crippen molar-refractivity contribution in [3.8, 4) is 0 Å². The number of ether oxygens (including phenoxy) is 2. The van der Waals surface area contributed by atoms with E-state index in [9.17, 15) is 9.59 Å². The molecule has 0 radical (unpaired) electrons. The van der Waals surface area contributed by atoms with Crippen molar-refractivity contribution in [1.82, 2.24) is 10.6 Å². The summed E-state index contributed by atoms with van der Waals surface area (Å²) in [5.74, 6) is -1.01. The van der Waals surface area contributed by atoms with Gasteiger partial charge in [0.05, 0.1) is 5.54 Å². The topological polar surface area (TPSA) is 76.7 Å². The molecule has 156 valence electrons. The van der Waals surface area contributed by atoms with Crippen LogP contribution in [0.5, 0.6) is 0 Å². The van der Waals surface area contributed by atoms with Crippen molar-refractivity contribution in [3.05, 3.63) is 0 Å². The van der Waals surface area contributed by atoms with Gasteiger partial charge < -0.3 is 20.1 Å². The summed E-state index contributed by atoms with van der Waals surface area (Å²) in [4.78, 5) is 24.6. The number of hydrogen-bond donors (Lipinski definition) is 2. The Morgan fingerprint density at radius 2 is 1.37 bits per heavy atom. The summed E-state index contributed by atoms with van der Waals surface area (Å²) in [5, 5.41) is 7.08. The smallest absolute Gasteiger partial charge is 0.317 e. The lowest BCUT2D eigenvalue weighted by Gasteiger charge is -2.34. The zero-order chi connectivity index (χ0) is 20.7. The van der Waals surface area contributed by atoms with Crippen LogP contribution in [0.2, 0.25) is 0 Å². The first kappa shape index (κ1) is 22.2. The molecule has 0 aromatic carbocycles. The molecule has 0 spiro atoms. The molecule has 2 rings (SSSR count). The van der Waals surface area contributed by atoms with E-state index in [1.54, 1.807) is 0 Å². The number of rotatable bonds is 4. The van der Waals surface area contributed by atoms with Crippen LogP contribution in [0.4, 0.5) is 0 Å². The fraction of sp³-hybridized carbons (Fsp3) is 0.905. The maximum absolute atomic E-state index is 12.3. The zero-order valence-electron chi connectivity index (χ0n) is 18.3. The Morgan fingerprint density at radius 3 is 1.93 bits per heavy atom. The molecule has 27 heavy (non-hydrogen) atoms. The van der Waals surface area contributed by atoms with Gasteiger partial charge in [0.1, 0.15) is 18.6 Å². The number of carbonyl (C=O) groups excluding carboxylic acids is 2. The van der Waals surface area contributed by atoms with Crippen molar-refractivity contribution >= 4 is 11.9 Å². The van der Waals surface area contributed by atoms with Crippen LogP contribution in [0.15, 0.2) is 0 Å². The summed E-state index contributed by atoms with van der Waals surface area (Å²) in [6.45, 7) is 16.8. The normalized spacial score (nSPS) is 31.0. The summed E-state index contributed by atoms with van der Waals surface area (Å²) in [5.41, 5.74) is -0.541. The van der Waals surface area contributed by atoms with Crippen LogP contribution in [0.25, 0.3) is 0 Å². The Labute approximate surface area is 164 Å². The second-order valence-corrected chi connectivity index (χ2v) is 10.8. The van der Waals surface area contributed by atoms with Crippen LogP contribution >= 0.6 is 0 Å². The summed E-state index contributed by atoms with van der Waals surface area (Å²) < 4.78 is 11.2. The molecule has 0 aromatic heterocycles. The van der Waals surface area contributed by atoms with Gasteiger partial charge in [-0.2, -0.15) is 0 Å². The van der Waals surface area contributed by atoms with Crippen LogP contribution in [0.3, 0.4) is 0 Å². The molecule has 2 aliphatic rings. The molecular formula is C21H38N2O4. The highest BCUT2D eigenvalue weighted by atomic mass is 16.6. The standard InChI is InChI=1S/C21H38N2O4/c1-18(2)10-9-14(12-19(3,4)22-18)26-16(24)11-17(25)27-15-13-20(5,6)23-21(15,7)8/h14-15,22-23H,9-13H2,1-8H3. The van der Waals surface area contributed by atoms with Crippen molar-refractivity contribution in [2.45, 2.75) is 122 Å². The molecule has 0 amide bonds. The number of hydrogen-bond acceptors (Lipinski definition) is 6. The third kappa shape index (κ3) is 6.46. The fourth-order valence-electron chi connectivity index (χ4n) is 4.78. The highest BCUT2D eigenvalue weighted by molar-refractivity contribution is 5.91. The van der Waals surface area contributed by atoms with Crippen molar-refractivity contribution in [1.29, 1.82) is 0 Å². The summed E-state index contributed by atoms with van der Waals surface area (Å²) in [7, 11) is 0. The maximum Gasteiger partial charge on any atom is 0.317 e. The zero-order valence-corrected chi connectivity index (χ0v) is 18.3. The lowest BCUT2D eigenvalue weighted by atomic mass is 9.96. The monoisotopic (exact) mass is 382 g/mol. The predicted octanol–water partition coefficient (Wildman–Crippen LogP) is 3.08. The first-order chi connectivity index (χ1) is 12.1. The quantitative estimate of drug-likeness (QED) is 0.575. The Morgan fingerprint density at radius 1 is 0.815 bits per heavy atom. The minimum Gasteiger partial charge on any atom is -0.462 e. The minimum atomic E-state index is -0.510. The summed E-state index contributed by atoms with van der Waals surface area (Å²) in [6, 6.07) is 0. The van der Waals surface area contributed by atoms with Crippen LogP contribution in [0.1, 0.15) is 87.5 Å². The van der Waals surface area contributed by atoms with Gasteiger partial charge in [0.15, 0.2) is 0 Å². The Bertz CT molecular complexity index is 581.